The first-order valence-electron chi connectivity index (χ1n) is 8.86. The van der Waals surface area contributed by atoms with Crippen LogP contribution in [0.5, 0.6) is 0 Å². The maximum atomic E-state index is 13.1. The molecular formula is C20H22N2O3. The number of ether oxygens (including phenoxy) is 1. The van der Waals surface area contributed by atoms with E-state index in [2.05, 4.69) is 5.32 Å². The van der Waals surface area contributed by atoms with Crippen LogP contribution in [0.4, 0.5) is 5.69 Å². The maximum Gasteiger partial charge on any atom is 0.256 e. The van der Waals surface area contributed by atoms with Gasteiger partial charge in [0.1, 0.15) is 0 Å². The molecule has 1 saturated carbocycles. The second kappa shape index (κ2) is 6.48. The van der Waals surface area contributed by atoms with Gasteiger partial charge in [-0.1, -0.05) is 24.3 Å². The number of hydrogen-bond donors (Lipinski definition) is 1. The number of amides is 2. The monoisotopic (exact) mass is 338 g/mol. The zero-order valence-electron chi connectivity index (χ0n) is 14.3. The van der Waals surface area contributed by atoms with Crippen LogP contribution in [-0.4, -0.2) is 42.5 Å². The van der Waals surface area contributed by atoms with E-state index in [1.165, 1.54) is 0 Å². The molecule has 1 saturated heterocycles. The number of anilines is 1. The summed E-state index contributed by atoms with van der Waals surface area (Å²) in [6, 6.07) is 11.7. The molecule has 2 amide bonds. The lowest BCUT2D eigenvalue weighted by molar-refractivity contribution is -0.117. The summed E-state index contributed by atoms with van der Waals surface area (Å²) >= 11 is 0. The van der Waals surface area contributed by atoms with Crippen LogP contribution < -0.4 is 5.32 Å². The normalized spacial score (nSPS) is 20.5. The molecule has 130 valence electrons. The Morgan fingerprint density at radius 2 is 1.88 bits per heavy atom. The minimum absolute atomic E-state index is 0.0136. The summed E-state index contributed by atoms with van der Waals surface area (Å²) in [6.45, 7) is 3.66. The fourth-order valence-corrected chi connectivity index (χ4v) is 3.27. The highest BCUT2D eigenvalue weighted by Gasteiger charge is 2.31. The van der Waals surface area contributed by atoms with E-state index in [1.807, 2.05) is 48.2 Å². The predicted molar refractivity (Wildman–Crippen MR) is 96.6 cm³/mol. The Labute approximate surface area is 146 Å². The number of rotatable bonds is 3. The first-order valence-corrected chi connectivity index (χ1v) is 8.86. The lowest BCUT2D eigenvalue weighted by Gasteiger charge is -2.31. The van der Waals surface area contributed by atoms with Gasteiger partial charge in [0, 0.05) is 19.0 Å². The quantitative estimate of drug-likeness (QED) is 0.936. The average molecular weight is 338 g/mol. The van der Waals surface area contributed by atoms with E-state index in [0.717, 1.165) is 23.6 Å². The van der Waals surface area contributed by atoms with Crippen LogP contribution in [0.2, 0.25) is 0 Å². The summed E-state index contributed by atoms with van der Waals surface area (Å²) in [6.07, 6.45) is 1.90. The van der Waals surface area contributed by atoms with Crippen molar-refractivity contribution in [3.05, 3.63) is 42.0 Å². The Kier molecular flexibility index (Phi) is 4.17. The van der Waals surface area contributed by atoms with Gasteiger partial charge in [0.25, 0.3) is 5.91 Å². The van der Waals surface area contributed by atoms with E-state index in [9.17, 15) is 9.59 Å². The number of nitrogens with zero attached hydrogens (tertiary/aromatic N) is 1. The topological polar surface area (TPSA) is 58.6 Å². The molecule has 0 bridgehead atoms. The Bertz CT molecular complexity index is 829. The highest BCUT2D eigenvalue weighted by atomic mass is 16.5. The molecule has 1 aliphatic carbocycles. The predicted octanol–water partition coefficient (Wildman–Crippen LogP) is 3.05. The van der Waals surface area contributed by atoms with Crippen molar-refractivity contribution in [3.63, 3.8) is 0 Å². The second-order valence-corrected chi connectivity index (χ2v) is 6.94. The molecule has 1 N–H and O–H groups in total. The lowest BCUT2D eigenvalue weighted by Crippen LogP contribution is -2.44. The average Bonchev–Trinajstić information content (AvgIpc) is 3.46. The van der Waals surface area contributed by atoms with Gasteiger partial charge in [0.15, 0.2) is 0 Å². The van der Waals surface area contributed by atoms with Crippen LogP contribution in [0.15, 0.2) is 36.4 Å². The summed E-state index contributed by atoms with van der Waals surface area (Å²) in [5.41, 5.74) is 1.17. The molecule has 4 rings (SSSR count). The van der Waals surface area contributed by atoms with Crippen LogP contribution >= 0.6 is 0 Å². The highest BCUT2D eigenvalue weighted by molar-refractivity contribution is 6.08. The zero-order chi connectivity index (χ0) is 17.4. The van der Waals surface area contributed by atoms with E-state index >= 15 is 0 Å². The third-order valence-electron chi connectivity index (χ3n) is 4.85. The van der Waals surface area contributed by atoms with Gasteiger partial charge < -0.3 is 15.0 Å². The molecule has 0 radical (unpaired) electrons. The van der Waals surface area contributed by atoms with Gasteiger partial charge in [-0.05, 0) is 42.7 Å². The number of carbonyl (C=O) groups excluding carboxylic acids is 2. The maximum absolute atomic E-state index is 13.1. The third kappa shape index (κ3) is 3.37. The molecule has 2 aromatic carbocycles. The number of carbonyl (C=O) groups is 2. The van der Waals surface area contributed by atoms with E-state index in [0.29, 0.717) is 30.9 Å². The fourth-order valence-electron chi connectivity index (χ4n) is 3.27. The summed E-state index contributed by atoms with van der Waals surface area (Å²) in [5.74, 6) is 0.0597. The second-order valence-electron chi connectivity index (χ2n) is 6.94. The molecule has 0 aromatic heterocycles. The molecule has 1 atom stereocenters. The molecule has 2 aromatic rings. The van der Waals surface area contributed by atoms with Gasteiger partial charge in [0.05, 0.1) is 24.0 Å². The highest BCUT2D eigenvalue weighted by Crippen LogP contribution is 2.32. The minimum atomic E-state index is -0.0491. The van der Waals surface area contributed by atoms with E-state index < -0.39 is 0 Å². The lowest BCUT2D eigenvalue weighted by atomic mass is 10.0. The Balaban J connectivity index is 1.71. The van der Waals surface area contributed by atoms with E-state index in [4.69, 9.17) is 4.74 Å². The van der Waals surface area contributed by atoms with Crippen LogP contribution in [0.1, 0.15) is 30.1 Å². The number of morpholine rings is 1. The molecule has 1 aliphatic heterocycles. The Morgan fingerprint density at radius 1 is 1.16 bits per heavy atom. The van der Waals surface area contributed by atoms with Crippen molar-refractivity contribution < 1.29 is 14.3 Å². The SMILES string of the molecule is CC1CN(C(=O)c2cc3ccccc3cc2NC(=O)C2CC2)CCO1. The van der Waals surface area contributed by atoms with Crippen molar-refractivity contribution in [1.29, 1.82) is 0 Å². The summed E-state index contributed by atoms with van der Waals surface area (Å²) in [5, 5.41) is 4.99. The van der Waals surface area contributed by atoms with E-state index in [1.54, 1.807) is 0 Å². The van der Waals surface area contributed by atoms with Crippen LogP contribution in [0, 0.1) is 5.92 Å². The van der Waals surface area contributed by atoms with Crippen molar-refractivity contribution in [2.45, 2.75) is 25.9 Å². The third-order valence-corrected chi connectivity index (χ3v) is 4.85. The molecule has 5 heteroatoms. The molecule has 0 spiro atoms. The van der Waals surface area contributed by atoms with Crippen molar-refractivity contribution >= 4 is 28.3 Å². The van der Waals surface area contributed by atoms with Gasteiger partial charge in [-0.25, -0.2) is 0 Å². The van der Waals surface area contributed by atoms with Gasteiger partial charge in [-0.15, -0.1) is 0 Å². The molecule has 1 unspecified atom stereocenters. The number of fused-ring (bicyclic) bond motifs is 1. The molecule has 5 nitrogen and oxygen atoms in total. The van der Waals surface area contributed by atoms with E-state index in [-0.39, 0.29) is 23.8 Å². The fraction of sp³-hybridized carbons (Fsp3) is 0.400. The number of nitrogens with one attached hydrogen (secondary N) is 1. The van der Waals surface area contributed by atoms with Crippen molar-refractivity contribution in [1.82, 2.24) is 4.90 Å². The van der Waals surface area contributed by atoms with Crippen LogP contribution in [0.3, 0.4) is 0 Å². The standard InChI is InChI=1S/C20H22N2O3/c1-13-12-22(8-9-25-13)20(24)17-10-15-4-2-3-5-16(15)11-18(17)21-19(23)14-6-7-14/h2-5,10-11,13-14H,6-9,12H2,1H3,(H,21,23). The Hall–Kier alpha value is -2.40. The first kappa shape index (κ1) is 16.1. The van der Waals surface area contributed by atoms with Crippen LogP contribution in [-0.2, 0) is 9.53 Å². The molecule has 25 heavy (non-hydrogen) atoms. The molecule has 2 fully saturated rings. The zero-order valence-corrected chi connectivity index (χ0v) is 14.3. The summed E-state index contributed by atoms with van der Waals surface area (Å²) in [4.78, 5) is 27.2. The van der Waals surface area contributed by atoms with Gasteiger partial charge in [0.2, 0.25) is 5.91 Å². The van der Waals surface area contributed by atoms with Crippen molar-refractivity contribution in [3.8, 4) is 0 Å². The molecule has 2 aliphatic rings. The number of benzene rings is 2. The Morgan fingerprint density at radius 3 is 2.56 bits per heavy atom. The largest absolute Gasteiger partial charge is 0.375 e. The summed E-state index contributed by atoms with van der Waals surface area (Å²) < 4.78 is 5.54. The molecular weight excluding hydrogens is 316 g/mol. The van der Waals surface area contributed by atoms with Gasteiger partial charge in [-0.3, -0.25) is 9.59 Å². The van der Waals surface area contributed by atoms with Gasteiger partial charge in [-0.2, -0.15) is 0 Å². The molecule has 1 heterocycles. The van der Waals surface area contributed by atoms with Crippen LogP contribution in [0.25, 0.3) is 10.8 Å². The smallest absolute Gasteiger partial charge is 0.256 e. The minimum Gasteiger partial charge on any atom is -0.375 e. The summed E-state index contributed by atoms with van der Waals surface area (Å²) in [7, 11) is 0. The number of hydrogen-bond acceptors (Lipinski definition) is 3. The first-order chi connectivity index (χ1) is 12.1. The van der Waals surface area contributed by atoms with Crippen molar-refractivity contribution in [2.24, 2.45) is 5.92 Å². The van der Waals surface area contributed by atoms with Crippen molar-refractivity contribution in [2.75, 3.05) is 25.0 Å². The van der Waals surface area contributed by atoms with Gasteiger partial charge >= 0.3 is 0 Å².